The predicted octanol–water partition coefficient (Wildman–Crippen LogP) is 3.71. The lowest BCUT2D eigenvalue weighted by atomic mass is 9.87. The predicted molar refractivity (Wildman–Crippen MR) is 167 cm³/mol. The average Bonchev–Trinajstić information content (AvgIpc) is 3.43. The molecule has 2 aromatic rings. The van der Waals surface area contributed by atoms with Crippen LogP contribution in [-0.4, -0.2) is 98.6 Å². The fourth-order valence-electron chi connectivity index (χ4n) is 5.25. The van der Waals surface area contributed by atoms with Gasteiger partial charge >= 0.3 is 11.9 Å². The number of nitrogens with one attached hydrogen (secondary N) is 1. The summed E-state index contributed by atoms with van der Waals surface area (Å²) in [6.45, 7) is 8.90. The molecule has 0 aliphatic carbocycles. The van der Waals surface area contributed by atoms with Crippen LogP contribution in [-0.2, 0) is 20.7 Å². The highest BCUT2D eigenvalue weighted by molar-refractivity contribution is 5.93. The van der Waals surface area contributed by atoms with Gasteiger partial charge in [-0.2, -0.15) is 0 Å². The Bertz CT molecular complexity index is 1240. The number of methoxy groups -OCH3 is 1. The second-order valence-electron chi connectivity index (χ2n) is 11.6. The van der Waals surface area contributed by atoms with Gasteiger partial charge in [-0.25, -0.2) is 18.7 Å². The Balaban J connectivity index is 0.000000777. The van der Waals surface area contributed by atoms with E-state index in [2.05, 4.69) is 36.4 Å². The van der Waals surface area contributed by atoms with Gasteiger partial charge in [0.25, 0.3) is 5.91 Å². The molecule has 1 unspecified atom stereocenters. The number of hydrogen-bond donors (Lipinski definition) is 4. The Kier molecular flexibility index (Phi) is 16.4. The van der Waals surface area contributed by atoms with Crippen molar-refractivity contribution in [1.82, 2.24) is 25.2 Å². The molecule has 1 amide bonds. The highest BCUT2D eigenvalue weighted by atomic mass is 19.1. The number of rotatable bonds is 16. The minimum Gasteiger partial charge on any atom is -0.478 e. The molecule has 1 aromatic carbocycles. The molecule has 45 heavy (non-hydrogen) atoms. The number of aliphatic hydroxyl groups is 1. The molecular weight excluding hydrogens is 585 g/mol. The van der Waals surface area contributed by atoms with Gasteiger partial charge in [0.2, 0.25) is 0 Å². The molecule has 3 rings (SSSR count). The van der Waals surface area contributed by atoms with Gasteiger partial charge in [-0.05, 0) is 56.1 Å². The van der Waals surface area contributed by atoms with Crippen LogP contribution in [0.2, 0.25) is 0 Å². The zero-order valence-electron chi connectivity index (χ0n) is 26.7. The first kappa shape index (κ1) is 37.5. The maximum Gasteiger partial charge on any atom is 0.328 e. The number of halogens is 1. The number of carbonyl (C=O) groups is 3. The monoisotopic (exact) mass is 633 g/mol. The van der Waals surface area contributed by atoms with Gasteiger partial charge in [-0.1, -0.05) is 51.0 Å². The molecule has 1 fully saturated rings. The van der Waals surface area contributed by atoms with E-state index in [0.717, 1.165) is 45.1 Å². The van der Waals surface area contributed by atoms with Gasteiger partial charge in [-0.15, -0.1) is 5.10 Å². The molecule has 1 aliphatic rings. The smallest absolute Gasteiger partial charge is 0.328 e. The Hall–Kier alpha value is -3.68. The molecule has 3 atom stereocenters. The van der Waals surface area contributed by atoms with Crippen molar-refractivity contribution in [3.63, 3.8) is 0 Å². The van der Waals surface area contributed by atoms with E-state index < -0.39 is 17.8 Å². The summed E-state index contributed by atoms with van der Waals surface area (Å²) in [6.07, 6.45) is 6.38. The lowest BCUT2D eigenvalue weighted by Gasteiger charge is -2.40. The van der Waals surface area contributed by atoms with E-state index in [1.807, 2.05) is 4.90 Å². The number of carbonyl (C=O) groups excluding carboxylic acids is 1. The Morgan fingerprint density at radius 1 is 1.13 bits per heavy atom. The van der Waals surface area contributed by atoms with Crippen molar-refractivity contribution >= 4 is 17.8 Å². The van der Waals surface area contributed by atoms with Gasteiger partial charge in [0, 0.05) is 51.5 Å². The summed E-state index contributed by atoms with van der Waals surface area (Å²) >= 11 is 0. The van der Waals surface area contributed by atoms with Gasteiger partial charge < -0.3 is 30.3 Å². The average molecular weight is 634 g/mol. The van der Waals surface area contributed by atoms with Crippen LogP contribution < -0.4 is 5.32 Å². The van der Waals surface area contributed by atoms with E-state index in [0.29, 0.717) is 44.0 Å². The maximum atomic E-state index is 14.7. The Labute approximate surface area is 264 Å². The molecule has 13 heteroatoms. The summed E-state index contributed by atoms with van der Waals surface area (Å²) in [5.41, 5.74) is 1.17. The number of piperidine rings is 1. The number of amides is 1. The molecule has 4 N–H and O–H groups in total. The fourth-order valence-corrected chi connectivity index (χ4v) is 5.25. The van der Waals surface area contributed by atoms with Crippen LogP contribution in [0.15, 0.2) is 36.4 Å². The number of unbranched alkanes of at least 4 members (excludes halogenated alkanes) is 2. The van der Waals surface area contributed by atoms with Crippen LogP contribution in [0.4, 0.5) is 4.39 Å². The van der Waals surface area contributed by atoms with Crippen LogP contribution in [0.25, 0.3) is 5.69 Å². The standard InChI is InChI=1S/C28H44FN5O3.C4H4O4/c1-5-6-14-26(35)21-16-22(18-30-17-21)33(19-20(2)3)28(36)27-25(13-9-10-15-37-4)34(32-31-27)24-12-8-7-11-23(24)29;5-3(6)1-2-4(7)8/h7-8,11-12,20-22,26,30,35H,5-6,9-10,13-19H2,1-4H3;1-2H,(H,5,6)(H,7,8)/b;2-1+/t21-,22+,26?;/m1./s1. The topological polar surface area (TPSA) is 167 Å². The number of nitrogens with zero attached hydrogens (tertiary/aromatic N) is 4. The zero-order chi connectivity index (χ0) is 33.4. The van der Waals surface area contributed by atoms with Gasteiger partial charge in [0.15, 0.2) is 5.69 Å². The zero-order valence-corrected chi connectivity index (χ0v) is 26.7. The molecule has 0 spiro atoms. The molecule has 250 valence electrons. The Morgan fingerprint density at radius 2 is 1.82 bits per heavy atom. The molecule has 1 aromatic heterocycles. The summed E-state index contributed by atoms with van der Waals surface area (Å²) in [7, 11) is 1.66. The van der Waals surface area contributed by atoms with Gasteiger partial charge in [-0.3, -0.25) is 4.79 Å². The number of carboxylic acids is 2. The molecule has 0 saturated carbocycles. The third-order valence-electron chi connectivity index (χ3n) is 7.45. The normalized spacial score (nSPS) is 17.1. The first-order chi connectivity index (χ1) is 21.5. The van der Waals surface area contributed by atoms with Crippen LogP contribution in [0.3, 0.4) is 0 Å². The second kappa shape index (κ2) is 19.7. The number of hydrogen-bond acceptors (Lipinski definition) is 8. The molecule has 0 radical (unpaired) electrons. The molecule has 2 heterocycles. The van der Waals surface area contributed by atoms with Crippen molar-refractivity contribution in [3.8, 4) is 5.69 Å². The number of para-hydroxylation sites is 1. The minimum absolute atomic E-state index is 0.0649. The lowest BCUT2D eigenvalue weighted by molar-refractivity contribution is -0.134. The third-order valence-corrected chi connectivity index (χ3v) is 7.45. The van der Waals surface area contributed by atoms with Crippen LogP contribution in [0, 0.1) is 17.7 Å². The summed E-state index contributed by atoms with van der Waals surface area (Å²) in [4.78, 5) is 35.1. The molecule has 1 saturated heterocycles. The highest BCUT2D eigenvalue weighted by Crippen LogP contribution is 2.26. The van der Waals surface area contributed by atoms with Gasteiger partial charge in [0.05, 0.1) is 11.8 Å². The van der Waals surface area contributed by atoms with E-state index in [4.69, 9.17) is 14.9 Å². The van der Waals surface area contributed by atoms with E-state index in [1.54, 1.807) is 25.3 Å². The Morgan fingerprint density at radius 3 is 2.42 bits per heavy atom. The van der Waals surface area contributed by atoms with Crippen LogP contribution in [0.1, 0.15) is 75.5 Å². The molecular formula is C32H48FN5O7. The summed E-state index contributed by atoms with van der Waals surface area (Å²) < 4.78 is 21.4. The molecule has 12 nitrogen and oxygen atoms in total. The number of benzene rings is 1. The van der Waals surface area contributed by atoms with E-state index in [-0.39, 0.29) is 41.3 Å². The quantitative estimate of drug-likeness (QED) is 0.158. The van der Waals surface area contributed by atoms with Crippen molar-refractivity contribution in [2.45, 2.75) is 77.9 Å². The minimum atomic E-state index is -1.26. The third kappa shape index (κ3) is 12.3. The number of carboxylic acid groups (broad SMARTS) is 2. The number of aliphatic hydroxyl groups excluding tert-OH is 1. The lowest BCUT2D eigenvalue weighted by Crippen LogP contribution is -2.54. The summed E-state index contributed by atoms with van der Waals surface area (Å²) in [6, 6.07) is 6.35. The van der Waals surface area contributed by atoms with E-state index in [1.165, 1.54) is 10.7 Å². The fraction of sp³-hybridized carbons (Fsp3) is 0.594. The first-order valence-electron chi connectivity index (χ1n) is 15.5. The number of aliphatic carboxylic acids is 2. The van der Waals surface area contributed by atoms with Crippen molar-refractivity contribution in [2.24, 2.45) is 11.8 Å². The SMILES string of the molecule is CCCCC(O)[C@H]1CNC[C@@H](N(CC(C)C)C(=O)c2nnn(-c3ccccc3F)c2CCCCOC)C1.O=C(O)/C=C/C(=O)O. The first-order valence-corrected chi connectivity index (χ1v) is 15.5. The van der Waals surface area contributed by atoms with Gasteiger partial charge in [0.1, 0.15) is 11.5 Å². The van der Waals surface area contributed by atoms with Crippen molar-refractivity contribution in [2.75, 3.05) is 33.4 Å². The molecule has 0 bridgehead atoms. The highest BCUT2D eigenvalue weighted by Gasteiger charge is 2.35. The van der Waals surface area contributed by atoms with Crippen molar-refractivity contribution in [1.29, 1.82) is 0 Å². The number of ether oxygens (including phenoxy) is 1. The summed E-state index contributed by atoms with van der Waals surface area (Å²) in [5, 5.41) is 38.4. The largest absolute Gasteiger partial charge is 0.478 e. The molecule has 1 aliphatic heterocycles. The van der Waals surface area contributed by atoms with E-state index >= 15 is 0 Å². The van der Waals surface area contributed by atoms with Crippen LogP contribution >= 0.6 is 0 Å². The van der Waals surface area contributed by atoms with Crippen molar-refractivity contribution in [3.05, 3.63) is 53.6 Å². The second-order valence-corrected chi connectivity index (χ2v) is 11.6. The number of aromatic nitrogens is 3. The van der Waals surface area contributed by atoms with E-state index in [9.17, 15) is 23.9 Å². The maximum absolute atomic E-state index is 14.7. The van der Waals surface area contributed by atoms with Crippen LogP contribution in [0.5, 0.6) is 0 Å². The van der Waals surface area contributed by atoms with Crippen molar-refractivity contribution < 1.29 is 38.8 Å². The summed E-state index contributed by atoms with van der Waals surface area (Å²) in [5.74, 6) is -2.77.